The van der Waals surface area contributed by atoms with Crippen molar-refractivity contribution < 1.29 is 17.9 Å². The predicted molar refractivity (Wildman–Crippen MR) is 131 cm³/mol. The molecule has 1 aromatic carbocycles. The maximum Gasteiger partial charge on any atom is 0.410 e. The van der Waals surface area contributed by atoms with Crippen LogP contribution < -0.4 is 0 Å². The lowest BCUT2D eigenvalue weighted by Gasteiger charge is -2.48. The first-order valence-electron chi connectivity index (χ1n) is 12.9. The number of hydrogen-bond acceptors (Lipinski definition) is 5. The fourth-order valence-corrected chi connectivity index (χ4v) is 8.45. The van der Waals surface area contributed by atoms with Crippen LogP contribution in [0, 0.1) is 0 Å². The second-order valence-corrected chi connectivity index (χ2v) is 12.5. The van der Waals surface area contributed by atoms with Crippen molar-refractivity contribution in [1.29, 1.82) is 0 Å². The number of piperidine rings is 4. The lowest BCUT2D eigenvalue weighted by molar-refractivity contribution is -0.0290. The van der Waals surface area contributed by atoms with Gasteiger partial charge in [-0.3, -0.25) is 0 Å². The van der Waals surface area contributed by atoms with Crippen LogP contribution in [-0.4, -0.2) is 79.0 Å². The van der Waals surface area contributed by atoms with Gasteiger partial charge in [-0.25, -0.2) is 13.2 Å². The zero-order valence-electron chi connectivity index (χ0n) is 19.8. The summed E-state index contributed by atoms with van der Waals surface area (Å²) in [5.41, 5.74) is 0. The van der Waals surface area contributed by atoms with E-state index < -0.39 is 16.1 Å². The third-order valence-electron chi connectivity index (χ3n) is 8.21. The van der Waals surface area contributed by atoms with Crippen molar-refractivity contribution in [3.8, 4) is 0 Å². The minimum atomic E-state index is -3.69. The van der Waals surface area contributed by atoms with E-state index in [4.69, 9.17) is 16.3 Å². The molecule has 1 amide bonds. The normalized spacial score (nSPS) is 29.7. The molecule has 4 aliphatic heterocycles. The van der Waals surface area contributed by atoms with E-state index >= 15 is 0 Å². The van der Waals surface area contributed by atoms with Crippen molar-refractivity contribution in [2.24, 2.45) is 0 Å². The van der Waals surface area contributed by atoms with E-state index in [1.807, 2.05) is 4.90 Å². The van der Waals surface area contributed by atoms with Crippen molar-refractivity contribution in [2.45, 2.75) is 93.3 Å². The second kappa shape index (κ2) is 10.3. The number of benzene rings is 1. The van der Waals surface area contributed by atoms with Crippen molar-refractivity contribution in [2.75, 3.05) is 26.2 Å². The lowest BCUT2D eigenvalue weighted by atomic mass is 9.85. The van der Waals surface area contributed by atoms with Gasteiger partial charge >= 0.3 is 6.09 Å². The van der Waals surface area contributed by atoms with E-state index in [1.165, 1.54) is 32.4 Å². The van der Waals surface area contributed by atoms with Gasteiger partial charge in [0.25, 0.3) is 0 Å². The zero-order valence-corrected chi connectivity index (χ0v) is 21.4. The van der Waals surface area contributed by atoms with Gasteiger partial charge in [0.05, 0.1) is 10.9 Å². The number of halogens is 1. The highest BCUT2D eigenvalue weighted by molar-refractivity contribution is 7.89. The Morgan fingerprint density at radius 1 is 0.824 bits per heavy atom. The monoisotopic (exact) mass is 509 g/mol. The molecule has 4 saturated heterocycles. The molecule has 5 rings (SSSR count). The van der Waals surface area contributed by atoms with Crippen molar-refractivity contribution >= 4 is 27.7 Å². The van der Waals surface area contributed by atoms with Crippen LogP contribution in [0.1, 0.15) is 64.2 Å². The lowest BCUT2D eigenvalue weighted by Crippen LogP contribution is -2.59. The number of hydrogen-bond donors (Lipinski definition) is 0. The van der Waals surface area contributed by atoms with Crippen LogP contribution in [0.25, 0.3) is 0 Å². The average molecular weight is 510 g/mol. The van der Waals surface area contributed by atoms with Crippen LogP contribution in [0.5, 0.6) is 0 Å². The van der Waals surface area contributed by atoms with Crippen molar-refractivity contribution in [1.82, 2.24) is 14.1 Å². The summed E-state index contributed by atoms with van der Waals surface area (Å²) < 4.78 is 34.8. The van der Waals surface area contributed by atoms with Gasteiger partial charge in [-0.15, -0.1) is 0 Å². The van der Waals surface area contributed by atoms with E-state index in [0.717, 1.165) is 44.9 Å². The first-order chi connectivity index (χ1) is 16.4. The molecule has 0 spiro atoms. The van der Waals surface area contributed by atoms with E-state index in [0.29, 0.717) is 24.2 Å². The minimum absolute atomic E-state index is 0.0327. The number of ether oxygens (including phenoxy) is 1. The molecule has 0 saturated carbocycles. The molecule has 2 bridgehead atoms. The van der Waals surface area contributed by atoms with Gasteiger partial charge in [0.15, 0.2) is 0 Å². The van der Waals surface area contributed by atoms with Crippen molar-refractivity contribution in [3.63, 3.8) is 0 Å². The van der Waals surface area contributed by atoms with Crippen LogP contribution in [0.3, 0.4) is 0 Å². The first-order valence-corrected chi connectivity index (χ1v) is 14.7. The minimum Gasteiger partial charge on any atom is -0.444 e. The molecule has 2 unspecified atom stereocenters. The summed E-state index contributed by atoms with van der Waals surface area (Å²) in [5, 5.41) is 0.508. The number of carbonyl (C=O) groups excluding carboxylic acids is 1. The van der Waals surface area contributed by atoms with Gasteiger partial charge in [-0.05, 0) is 88.7 Å². The molecule has 0 N–H and O–H groups in total. The summed E-state index contributed by atoms with van der Waals surface area (Å²) in [5.74, 6) is 0. The Kier molecular flexibility index (Phi) is 7.40. The number of fused-ring (bicyclic) bond motifs is 2. The molecule has 9 heteroatoms. The summed E-state index contributed by atoms with van der Waals surface area (Å²) in [7, 11) is -3.69. The fraction of sp³-hybridized carbons (Fsp3) is 0.720. The molecule has 4 aliphatic rings. The Balaban J connectivity index is 1.24. The summed E-state index contributed by atoms with van der Waals surface area (Å²) in [6.45, 7) is 3.79. The number of rotatable bonds is 4. The Morgan fingerprint density at radius 3 is 2.24 bits per heavy atom. The Morgan fingerprint density at radius 2 is 1.53 bits per heavy atom. The molecule has 4 heterocycles. The number of carbonyl (C=O) groups is 1. The predicted octanol–water partition coefficient (Wildman–Crippen LogP) is 4.50. The number of amides is 1. The van der Waals surface area contributed by atoms with E-state index in [9.17, 15) is 13.2 Å². The zero-order chi connectivity index (χ0) is 23.7. The smallest absolute Gasteiger partial charge is 0.410 e. The third kappa shape index (κ3) is 4.97. The molecular formula is C25H36ClN3O4S. The highest BCUT2D eigenvalue weighted by atomic mass is 35.5. The van der Waals surface area contributed by atoms with Gasteiger partial charge < -0.3 is 14.5 Å². The maximum absolute atomic E-state index is 13.6. The number of likely N-dealkylation sites (tertiary alicyclic amines) is 2. The summed E-state index contributed by atoms with van der Waals surface area (Å²) in [6.07, 6.45) is 9.16. The largest absolute Gasteiger partial charge is 0.444 e. The quantitative estimate of drug-likeness (QED) is 0.597. The van der Waals surface area contributed by atoms with Crippen LogP contribution in [0.4, 0.5) is 4.79 Å². The van der Waals surface area contributed by atoms with E-state index in [1.54, 1.807) is 28.6 Å². The summed E-state index contributed by atoms with van der Waals surface area (Å²) in [4.78, 5) is 17.8. The molecular weight excluding hydrogens is 474 g/mol. The van der Waals surface area contributed by atoms with Crippen LogP contribution >= 0.6 is 11.6 Å². The average Bonchev–Trinajstić information content (AvgIpc) is 2.86. The molecule has 0 aliphatic carbocycles. The molecule has 0 aromatic heterocycles. The highest BCUT2D eigenvalue weighted by Gasteiger charge is 2.48. The maximum atomic E-state index is 13.6. The van der Waals surface area contributed by atoms with Crippen LogP contribution in [-0.2, 0) is 14.8 Å². The first kappa shape index (κ1) is 24.3. The summed E-state index contributed by atoms with van der Waals surface area (Å²) >= 11 is 5.98. The van der Waals surface area contributed by atoms with E-state index in [-0.39, 0.29) is 23.1 Å². The molecule has 1 aromatic rings. The molecule has 188 valence electrons. The Bertz CT molecular complexity index is 959. The van der Waals surface area contributed by atoms with Gasteiger partial charge in [-0.1, -0.05) is 24.4 Å². The molecule has 7 nitrogen and oxygen atoms in total. The molecule has 0 radical (unpaired) electrons. The van der Waals surface area contributed by atoms with Gasteiger partial charge in [0.2, 0.25) is 10.0 Å². The number of sulfonamides is 1. The van der Waals surface area contributed by atoms with Crippen molar-refractivity contribution in [3.05, 3.63) is 29.3 Å². The number of nitrogens with zero attached hydrogens (tertiary/aromatic N) is 3. The molecule has 3 atom stereocenters. The van der Waals surface area contributed by atoms with Crippen LogP contribution in [0.15, 0.2) is 29.2 Å². The fourth-order valence-electron chi connectivity index (χ4n) is 6.40. The van der Waals surface area contributed by atoms with Gasteiger partial charge in [-0.2, -0.15) is 4.31 Å². The summed E-state index contributed by atoms with van der Waals surface area (Å²) in [6, 6.07) is 6.58. The van der Waals surface area contributed by atoms with E-state index in [2.05, 4.69) is 4.90 Å². The van der Waals surface area contributed by atoms with Gasteiger partial charge in [0.1, 0.15) is 6.10 Å². The van der Waals surface area contributed by atoms with Crippen LogP contribution in [0.2, 0.25) is 5.02 Å². The highest BCUT2D eigenvalue weighted by Crippen LogP contribution is 2.39. The standard InChI is InChI=1S/C25H36ClN3O4S/c26-19-7-10-22(11-8-19)34(31,32)29-21-5-4-6-23(29)24(12-9-21)33-25(30)28-17-13-20(14-18-28)27-15-2-1-3-16-27/h7-8,10-11,20-21,23-24H,1-6,9,12-18H2/t21?,23?,24-/m0/s1. The molecule has 34 heavy (non-hydrogen) atoms. The Hall–Kier alpha value is -1.35. The third-order valence-corrected chi connectivity index (χ3v) is 10.5. The second-order valence-electron chi connectivity index (χ2n) is 10.3. The topological polar surface area (TPSA) is 70.2 Å². The molecule has 4 fully saturated rings. The SMILES string of the molecule is O=C(O[C@H]1CCC2CCCC1N2S(=O)(=O)c1ccc(Cl)cc1)N1CCC(N2CCCCC2)CC1. The van der Waals surface area contributed by atoms with Gasteiger partial charge in [0, 0.05) is 30.2 Å². The Labute approximate surface area is 208 Å².